The summed E-state index contributed by atoms with van der Waals surface area (Å²) in [7, 11) is 0. The van der Waals surface area contributed by atoms with E-state index >= 15 is 0 Å². The molecule has 0 unspecified atom stereocenters. The Balaban J connectivity index is 1.06. The van der Waals surface area contributed by atoms with Crippen molar-refractivity contribution in [1.29, 1.82) is 0 Å². The van der Waals surface area contributed by atoms with Gasteiger partial charge in [-0.05, 0) is 135 Å². The fraction of sp³-hybridized carbons (Fsp3) is 0.952. The summed E-state index contributed by atoms with van der Waals surface area (Å²) in [6.45, 7) is 20.5. The Morgan fingerprint density at radius 1 is 0.698 bits per heavy atom. The molecule has 0 radical (unpaired) electrons. The number of allylic oxidation sites excluding steroid dienone is 1. The Bertz CT molecular complexity index is 1360. The van der Waals surface area contributed by atoms with Gasteiger partial charge in [-0.2, -0.15) is 0 Å². The summed E-state index contributed by atoms with van der Waals surface area (Å²) in [5.74, 6) is 2.49. The van der Waals surface area contributed by atoms with Gasteiger partial charge in [0.25, 0.3) is 0 Å². The van der Waals surface area contributed by atoms with E-state index in [2.05, 4.69) is 48.1 Å². The van der Waals surface area contributed by atoms with Crippen LogP contribution in [0.1, 0.15) is 113 Å². The molecule has 2 aliphatic heterocycles. The van der Waals surface area contributed by atoms with Crippen molar-refractivity contribution in [2.24, 2.45) is 56.7 Å². The molecule has 5 saturated carbocycles. The first-order chi connectivity index (χ1) is 24.8. The molecule has 53 heavy (non-hydrogen) atoms. The molecule has 304 valence electrons. The van der Waals surface area contributed by atoms with Gasteiger partial charge < -0.3 is 54.7 Å². The zero-order valence-electron chi connectivity index (χ0n) is 33.2. The maximum atomic E-state index is 11.1. The minimum Gasteiger partial charge on any atom is -0.396 e. The van der Waals surface area contributed by atoms with Crippen LogP contribution in [0.15, 0.2) is 12.2 Å². The molecule has 11 heteroatoms. The van der Waals surface area contributed by atoms with Crippen molar-refractivity contribution in [3.05, 3.63) is 12.2 Å². The molecule has 7 fully saturated rings. The average molecular weight is 751 g/mol. The largest absolute Gasteiger partial charge is 0.396 e. The van der Waals surface area contributed by atoms with Crippen LogP contribution in [0.2, 0.25) is 0 Å². The third-order valence-corrected chi connectivity index (χ3v) is 17.7. The molecule has 0 bridgehead atoms. The lowest BCUT2D eigenvalue weighted by molar-refractivity contribution is -0.345. The van der Waals surface area contributed by atoms with Gasteiger partial charge in [0.1, 0.15) is 42.7 Å². The predicted molar refractivity (Wildman–Crippen MR) is 196 cm³/mol. The summed E-state index contributed by atoms with van der Waals surface area (Å²) in [5.41, 5.74) is 1.50. The third kappa shape index (κ3) is 5.99. The fourth-order valence-corrected chi connectivity index (χ4v) is 14.4. The van der Waals surface area contributed by atoms with Crippen molar-refractivity contribution in [3.8, 4) is 0 Å². The number of ether oxygens (including phenoxy) is 4. The van der Waals surface area contributed by atoms with Crippen molar-refractivity contribution in [2.45, 2.75) is 180 Å². The molecule has 7 N–H and O–H groups in total. The van der Waals surface area contributed by atoms with Crippen molar-refractivity contribution >= 4 is 0 Å². The Morgan fingerprint density at radius 3 is 2.06 bits per heavy atom. The van der Waals surface area contributed by atoms with E-state index in [1.165, 1.54) is 24.8 Å². The standard InChI is InChI=1S/C42H70O11/c1-21(2)23-11-16-42(20-43)18-17-40(7)24(29(23)42)9-10-27-39(6)14-13-28(38(4,5)26(39)12-15-41(27,40)8)53-37-35(49)33(47)31(45)25(52-37)19-50-36-34(48)32(46)30(44)22(3)51-36/h22-37,43-49H,1,9-20H2,2-8H3/t22-,23+,24-,25-,26+,27-,28-,29-,30-,31+,32+,33+,34-,35-,36-,37+,39+,40-,41-,42-/m1/s1. The molecule has 0 amide bonds. The minimum absolute atomic E-state index is 0.0333. The molecule has 0 aromatic carbocycles. The highest BCUT2D eigenvalue weighted by Gasteiger charge is 2.71. The monoisotopic (exact) mass is 750 g/mol. The molecular formula is C42H70O11. The van der Waals surface area contributed by atoms with Crippen LogP contribution in [0.5, 0.6) is 0 Å². The SMILES string of the molecule is C=C(C)[C@@H]1CC[C@]2(CO)CC[C@]3(C)[C@H](CC[C@@H]4[C@@]5(C)CC[C@@H](O[C@@H]6O[C@H](CO[C@@H]7O[C@H](C)[C@@H](O)[C@H](O)[C@H]7O)[C@H](O)[C@H](O)[C@H]6O)C(C)(C)[C@@H]5CC[C@]43C)[C@@H]12. The van der Waals surface area contributed by atoms with E-state index in [0.717, 1.165) is 44.9 Å². The second kappa shape index (κ2) is 14.0. The summed E-state index contributed by atoms with van der Waals surface area (Å²) in [6.07, 6.45) is -2.62. The van der Waals surface area contributed by atoms with Crippen molar-refractivity contribution in [1.82, 2.24) is 0 Å². The van der Waals surface area contributed by atoms with Gasteiger partial charge in [0.05, 0.1) is 18.8 Å². The highest BCUT2D eigenvalue weighted by atomic mass is 16.7. The van der Waals surface area contributed by atoms with Crippen LogP contribution in [0.25, 0.3) is 0 Å². The van der Waals surface area contributed by atoms with Gasteiger partial charge in [-0.3, -0.25) is 0 Å². The molecule has 11 nitrogen and oxygen atoms in total. The van der Waals surface area contributed by atoms with E-state index < -0.39 is 61.4 Å². The maximum absolute atomic E-state index is 11.1. The fourth-order valence-electron chi connectivity index (χ4n) is 14.4. The average Bonchev–Trinajstić information content (AvgIpc) is 3.51. The normalized spacial score (nSPS) is 56.4. The zero-order chi connectivity index (χ0) is 38.6. The predicted octanol–water partition coefficient (Wildman–Crippen LogP) is 3.67. The summed E-state index contributed by atoms with van der Waals surface area (Å²) in [6, 6.07) is 0. The first-order valence-electron chi connectivity index (χ1n) is 20.7. The molecule has 20 atom stereocenters. The quantitative estimate of drug-likeness (QED) is 0.149. The number of aliphatic hydroxyl groups is 7. The van der Waals surface area contributed by atoms with Crippen LogP contribution in [-0.2, 0) is 18.9 Å². The molecule has 0 aromatic heterocycles. The lowest BCUT2D eigenvalue weighted by atomic mass is 9.32. The molecule has 2 heterocycles. The number of fused-ring (bicyclic) bond motifs is 7. The van der Waals surface area contributed by atoms with Gasteiger partial charge in [-0.25, -0.2) is 0 Å². The molecule has 7 rings (SSSR count). The van der Waals surface area contributed by atoms with E-state index in [4.69, 9.17) is 18.9 Å². The van der Waals surface area contributed by atoms with Crippen LogP contribution < -0.4 is 0 Å². The Morgan fingerprint density at radius 2 is 1.38 bits per heavy atom. The number of rotatable bonds is 7. The van der Waals surface area contributed by atoms with E-state index in [9.17, 15) is 35.7 Å². The van der Waals surface area contributed by atoms with Gasteiger partial charge in [0.15, 0.2) is 12.6 Å². The van der Waals surface area contributed by atoms with Crippen molar-refractivity contribution in [3.63, 3.8) is 0 Å². The zero-order valence-corrected chi connectivity index (χ0v) is 33.2. The van der Waals surface area contributed by atoms with Crippen molar-refractivity contribution in [2.75, 3.05) is 13.2 Å². The van der Waals surface area contributed by atoms with E-state index in [-0.39, 0.29) is 39.8 Å². The number of aliphatic hydroxyl groups excluding tert-OH is 7. The third-order valence-electron chi connectivity index (χ3n) is 17.7. The van der Waals surface area contributed by atoms with Crippen LogP contribution >= 0.6 is 0 Å². The molecule has 5 aliphatic carbocycles. The Labute approximate surface area is 316 Å². The van der Waals surface area contributed by atoms with Crippen LogP contribution in [0, 0.1) is 56.7 Å². The van der Waals surface area contributed by atoms with Crippen molar-refractivity contribution < 1.29 is 54.7 Å². The molecule has 0 aromatic rings. The minimum atomic E-state index is -1.56. The van der Waals surface area contributed by atoms with E-state index in [1.807, 2.05) is 0 Å². The molecule has 7 aliphatic rings. The van der Waals surface area contributed by atoms with E-state index in [1.54, 1.807) is 6.92 Å². The summed E-state index contributed by atoms with van der Waals surface area (Å²) in [4.78, 5) is 0. The highest BCUT2D eigenvalue weighted by molar-refractivity contribution is 5.21. The molecular weight excluding hydrogens is 680 g/mol. The second-order valence-corrected chi connectivity index (χ2v) is 20.2. The van der Waals surface area contributed by atoms with E-state index in [0.29, 0.717) is 36.2 Å². The highest BCUT2D eigenvalue weighted by Crippen LogP contribution is 2.77. The molecule has 0 spiro atoms. The van der Waals surface area contributed by atoms with Crippen LogP contribution in [0.3, 0.4) is 0 Å². The summed E-state index contributed by atoms with van der Waals surface area (Å²) >= 11 is 0. The maximum Gasteiger partial charge on any atom is 0.186 e. The van der Waals surface area contributed by atoms with Gasteiger partial charge in [0, 0.05) is 6.61 Å². The number of hydrogen-bond donors (Lipinski definition) is 7. The Kier molecular flexibility index (Phi) is 10.7. The molecule has 2 saturated heterocycles. The summed E-state index contributed by atoms with van der Waals surface area (Å²) < 4.78 is 24.0. The van der Waals surface area contributed by atoms with Gasteiger partial charge >= 0.3 is 0 Å². The smallest absolute Gasteiger partial charge is 0.186 e. The van der Waals surface area contributed by atoms with Gasteiger partial charge in [0.2, 0.25) is 0 Å². The van der Waals surface area contributed by atoms with Crippen LogP contribution in [0.4, 0.5) is 0 Å². The number of hydrogen-bond acceptors (Lipinski definition) is 11. The second-order valence-electron chi connectivity index (χ2n) is 20.2. The first-order valence-corrected chi connectivity index (χ1v) is 20.7. The van der Waals surface area contributed by atoms with Gasteiger partial charge in [-0.15, -0.1) is 0 Å². The Hall–Kier alpha value is -0.700. The van der Waals surface area contributed by atoms with Crippen LogP contribution in [-0.4, -0.2) is 116 Å². The van der Waals surface area contributed by atoms with Gasteiger partial charge in [-0.1, -0.05) is 46.8 Å². The lowest BCUT2D eigenvalue weighted by Crippen LogP contribution is -2.67. The first kappa shape index (κ1) is 40.5. The topological polar surface area (TPSA) is 179 Å². The summed E-state index contributed by atoms with van der Waals surface area (Å²) in [5, 5.41) is 74.4. The lowest BCUT2D eigenvalue weighted by Gasteiger charge is -2.73.